The number of benzene rings is 3. The molecule has 0 aromatic heterocycles. The summed E-state index contributed by atoms with van der Waals surface area (Å²) in [5.74, 6) is 1.17. The van der Waals surface area contributed by atoms with Gasteiger partial charge < -0.3 is 19.9 Å². The van der Waals surface area contributed by atoms with Gasteiger partial charge in [0, 0.05) is 11.6 Å². The van der Waals surface area contributed by atoms with Crippen molar-refractivity contribution in [3.8, 4) is 23.3 Å². The minimum absolute atomic E-state index is 0.0262. The fraction of sp³-hybridized carbons (Fsp3) is 0.241. The molecular formula is C29H28N2O4. The van der Waals surface area contributed by atoms with Crippen LogP contribution in [0.3, 0.4) is 0 Å². The Balaban J connectivity index is 1.63. The first-order valence-corrected chi connectivity index (χ1v) is 11.6. The van der Waals surface area contributed by atoms with Gasteiger partial charge in [0.25, 0.3) is 0 Å². The Hall–Kier alpha value is -4.24. The number of nitriles is 1. The molecule has 0 radical (unpaired) electrons. The number of fused-ring (bicyclic) bond motifs is 1. The van der Waals surface area contributed by atoms with Gasteiger partial charge in [-0.2, -0.15) is 5.26 Å². The van der Waals surface area contributed by atoms with Gasteiger partial charge in [0.1, 0.15) is 28.9 Å². The lowest BCUT2D eigenvalue weighted by atomic mass is 9.83. The molecule has 0 fully saturated rings. The van der Waals surface area contributed by atoms with Gasteiger partial charge in [0.15, 0.2) is 0 Å². The van der Waals surface area contributed by atoms with Crippen LogP contribution >= 0.6 is 0 Å². The molecule has 6 nitrogen and oxygen atoms in total. The summed E-state index contributed by atoms with van der Waals surface area (Å²) in [6.45, 7) is 6.83. The van der Waals surface area contributed by atoms with E-state index in [4.69, 9.17) is 19.9 Å². The summed E-state index contributed by atoms with van der Waals surface area (Å²) in [5, 5.41) is 9.84. The Labute approximate surface area is 205 Å². The number of ether oxygens (including phenoxy) is 3. The molecule has 2 N–H and O–H groups in total. The molecule has 178 valence electrons. The van der Waals surface area contributed by atoms with E-state index in [-0.39, 0.29) is 5.88 Å². The predicted octanol–water partition coefficient (Wildman–Crippen LogP) is 5.86. The quantitative estimate of drug-likeness (QED) is 0.345. The van der Waals surface area contributed by atoms with Crippen LogP contribution in [0.2, 0.25) is 0 Å². The number of nitrogens with zero attached hydrogens (tertiary/aromatic N) is 1. The van der Waals surface area contributed by atoms with Gasteiger partial charge in [-0.3, -0.25) is 0 Å². The number of esters is 1. The number of rotatable bonds is 7. The van der Waals surface area contributed by atoms with Crippen LogP contribution in [0.1, 0.15) is 53.2 Å². The lowest BCUT2D eigenvalue weighted by molar-refractivity contribution is 0.0734. The number of nitrogens with two attached hydrogens (primary N) is 1. The maximum atomic E-state index is 12.6. The zero-order valence-corrected chi connectivity index (χ0v) is 20.1. The second kappa shape index (κ2) is 10.4. The lowest BCUT2D eigenvalue weighted by Gasteiger charge is -2.27. The zero-order valence-electron chi connectivity index (χ0n) is 20.1. The molecule has 0 spiro atoms. The fourth-order valence-electron chi connectivity index (χ4n) is 3.98. The number of carbonyl (C=O) groups excluding carboxylic acids is 1. The van der Waals surface area contributed by atoms with Crippen LogP contribution in [0, 0.1) is 24.2 Å². The first-order valence-electron chi connectivity index (χ1n) is 11.6. The monoisotopic (exact) mass is 468 g/mol. The molecule has 0 aliphatic carbocycles. The number of carbonyl (C=O) groups is 1. The van der Waals surface area contributed by atoms with E-state index in [9.17, 15) is 10.1 Å². The highest BCUT2D eigenvalue weighted by Crippen LogP contribution is 2.44. The predicted molar refractivity (Wildman–Crippen MR) is 133 cm³/mol. The van der Waals surface area contributed by atoms with E-state index >= 15 is 0 Å². The topological polar surface area (TPSA) is 94.6 Å². The molecule has 1 aliphatic heterocycles. The van der Waals surface area contributed by atoms with Crippen LogP contribution in [0.25, 0.3) is 0 Å². The summed E-state index contributed by atoms with van der Waals surface area (Å²) >= 11 is 0. The van der Waals surface area contributed by atoms with Crippen LogP contribution in [0.4, 0.5) is 0 Å². The van der Waals surface area contributed by atoms with Crippen molar-refractivity contribution in [2.75, 3.05) is 6.61 Å². The Kier molecular flexibility index (Phi) is 7.07. The summed E-state index contributed by atoms with van der Waals surface area (Å²) in [7, 11) is 0. The lowest BCUT2D eigenvalue weighted by Crippen LogP contribution is -2.21. The van der Waals surface area contributed by atoms with Crippen LogP contribution < -0.4 is 19.9 Å². The molecule has 1 unspecified atom stereocenters. The van der Waals surface area contributed by atoms with E-state index in [1.165, 1.54) is 0 Å². The van der Waals surface area contributed by atoms with Gasteiger partial charge in [0.2, 0.25) is 5.88 Å². The molecule has 0 saturated carbocycles. The highest BCUT2D eigenvalue weighted by Gasteiger charge is 2.31. The fourth-order valence-corrected chi connectivity index (χ4v) is 3.98. The second-order valence-electron chi connectivity index (χ2n) is 8.99. The van der Waals surface area contributed by atoms with Crippen molar-refractivity contribution in [2.24, 2.45) is 11.7 Å². The van der Waals surface area contributed by atoms with Crippen molar-refractivity contribution in [2.45, 2.75) is 33.1 Å². The molecule has 0 saturated heterocycles. The third-order valence-corrected chi connectivity index (χ3v) is 5.81. The second-order valence-corrected chi connectivity index (χ2v) is 8.99. The molecule has 0 amide bonds. The van der Waals surface area contributed by atoms with Crippen molar-refractivity contribution in [3.05, 3.63) is 100 Å². The first kappa shape index (κ1) is 23.9. The number of allylic oxidation sites excluding steroid dienone is 1. The molecule has 3 aromatic carbocycles. The molecule has 3 aromatic rings. The minimum Gasteiger partial charge on any atom is -0.494 e. The first-order chi connectivity index (χ1) is 16.9. The van der Waals surface area contributed by atoms with Crippen LogP contribution in [-0.4, -0.2) is 12.6 Å². The summed E-state index contributed by atoms with van der Waals surface area (Å²) < 4.78 is 17.3. The van der Waals surface area contributed by atoms with E-state index in [0.29, 0.717) is 35.2 Å². The maximum absolute atomic E-state index is 12.6. The summed E-state index contributed by atoms with van der Waals surface area (Å²) in [6, 6.07) is 22.2. The van der Waals surface area contributed by atoms with E-state index in [0.717, 1.165) is 28.9 Å². The smallest absolute Gasteiger partial charge is 0.343 e. The largest absolute Gasteiger partial charge is 0.494 e. The average molecular weight is 469 g/mol. The Morgan fingerprint density at radius 3 is 2.63 bits per heavy atom. The number of hydrogen-bond donors (Lipinski definition) is 1. The molecule has 1 aliphatic rings. The molecule has 1 heterocycles. The third-order valence-electron chi connectivity index (χ3n) is 5.81. The Bertz CT molecular complexity index is 1320. The Morgan fingerprint density at radius 2 is 1.89 bits per heavy atom. The van der Waals surface area contributed by atoms with Gasteiger partial charge >= 0.3 is 5.97 Å². The van der Waals surface area contributed by atoms with E-state index < -0.39 is 11.9 Å². The van der Waals surface area contributed by atoms with Crippen LogP contribution in [0.15, 0.2) is 78.2 Å². The zero-order chi connectivity index (χ0) is 24.9. The standard InChI is InChI=1S/C29H28N2O4/c1-18(2)12-13-33-22-9-5-7-20(15-22)27-24-11-10-23(16-26(24)35-28(31)25(27)17-30)34-29(32)21-8-4-6-19(3)14-21/h4-11,14-16,18,27H,12-13,31H2,1-3H3. The van der Waals surface area contributed by atoms with Crippen molar-refractivity contribution >= 4 is 5.97 Å². The van der Waals surface area contributed by atoms with E-state index in [2.05, 4.69) is 19.9 Å². The normalized spacial score (nSPS) is 14.7. The highest BCUT2D eigenvalue weighted by atomic mass is 16.5. The van der Waals surface area contributed by atoms with Gasteiger partial charge in [-0.15, -0.1) is 0 Å². The van der Waals surface area contributed by atoms with Gasteiger partial charge in [-0.25, -0.2) is 4.79 Å². The van der Waals surface area contributed by atoms with Crippen molar-refractivity contribution in [3.63, 3.8) is 0 Å². The van der Waals surface area contributed by atoms with E-state index in [1.54, 1.807) is 30.3 Å². The van der Waals surface area contributed by atoms with Crippen molar-refractivity contribution in [1.29, 1.82) is 5.26 Å². The van der Waals surface area contributed by atoms with Gasteiger partial charge in [-0.05, 0) is 55.2 Å². The third kappa shape index (κ3) is 5.47. The summed E-state index contributed by atoms with van der Waals surface area (Å²) in [4.78, 5) is 12.6. The average Bonchev–Trinajstić information content (AvgIpc) is 2.83. The maximum Gasteiger partial charge on any atom is 0.343 e. The summed E-state index contributed by atoms with van der Waals surface area (Å²) in [5.41, 5.74) is 9.50. The molecule has 35 heavy (non-hydrogen) atoms. The van der Waals surface area contributed by atoms with E-state index in [1.807, 2.05) is 43.3 Å². The molecule has 1 atom stereocenters. The van der Waals surface area contributed by atoms with Crippen molar-refractivity contribution < 1.29 is 19.0 Å². The highest BCUT2D eigenvalue weighted by molar-refractivity contribution is 5.91. The van der Waals surface area contributed by atoms with Gasteiger partial charge in [0.05, 0.1) is 18.1 Å². The number of hydrogen-bond acceptors (Lipinski definition) is 6. The van der Waals surface area contributed by atoms with Gasteiger partial charge in [-0.1, -0.05) is 49.7 Å². The SMILES string of the molecule is Cc1cccc(C(=O)Oc2ccc3c(c2)OC(N)=C(C#N)C3c2cccc(OCCC(C)C)c2)c1. The van der Waals surface area contributed by atoms with Crippen LogP contribution in [-0.2, 0) is 0 Å². The minimum atomic E-state index is -0.464. The molecule has 4 rings (SSSR count). The number of aryl methyl sites for hydroxylation is 1. The summed E-state index contributed by atoms with van der Waals surface area (Å²) in [6.07, 6.45) is 0.949. The molecule has 6 heteroatoms. The molecule has 0 bridgehead atoms. The Morgan fingerprint density at radius 1 is 1.09 bits per heavy atom. The van der Waals surface area contributed by atoms with Crippen molar-refractivity contribution in [1.82, 2.24) is 0 Å². The van der Waals surface area contributed by atoms with Crippen LogP contribution in [0.5, 0.6) is 17.2 Å². The molecular weight excluding hydrogens is 440 g/mol.